The van der Waals surface area contributed by atoms with Crippen LogP contribution in [-0.4, -0.2) is 28.9 Å². The minimum Gasteiger partial charge on any atom is -0.448 e. The zero-order valence-corrected chi connectivity index (χ0v) is 14.0. The smallest absolute Gasteiger partial charge is 0.289 e. The highest BCUT2D eigenvalue weighted by Crippen LogP contribution is 2.35. The van der Waals surface area contributed by atoms with Crippen LogP contribution in [0.4, 0.5) is 0 Å². The molecule has 0 saturated heterocycles. The lowest BCUT2D eigenvalue weighted by Crippen LogP contribution is -2.36. The number of thiazole rings is 1. The Morgan fingerprint density at radius 1 is 1.30 bits per heavy atom. The van der Waals surface area contributed by atoms with Gasteiger partial charge in [-0.2, -0.15) is 0 Å². The fourth-order valence-corrected chi connectivity index (χ4v) is 3.73. The highest BCUT2D eigenvalue weighted by Gasteiger charge is 2.33. The van der Waals surface area contributed by atoms with Crippen LogP contribution < -0.4 is 0 Å². The Kier molecular flexibility index (Phi) is 3.45. The van der Waals surface area contributed by atoms with Crippen LogP contribution in [0.25, 0.3) is 21.0 Å². The second kappa shape index (κ2) is 5.49. The average Bonchev–Trinajstić information content (AvgIpc) is 3.14. The van der Waals surface area contributed by atoms with Crippen molar-refractivity contribution in [1.82, 2.24) is 9.88 Å². The molecular weight excluding hydrogens is 308 g/mol. The summed E-state index contributed by atoms with van der Waals surface area (Å²) < 4.78 is 6.91. The van der Waals surface area contributed by atoms with Crippen LogP contribution in [0, 0.1) is 5.92 Å². The molecule has 3 aromatic rings. The molecule has 0 aliphatic heterocycles. The summed E-state index contributed by atoms with van der Waals surface area (Å²) in [6, 6.07) is 11.8. The Bertz CT molecular complexity index is 830. The zero-order chi connectivity index (χ0) is 16.0. The molecule has 4 nitrogen and oxygen atoms in total. The minimum absolute atomic E-state index is 0.0586. The van der Waals surface area contributed by atoms with Crippen LogP contribution >= 0.6 is 11.3 Å². The minimum atomic E-state index is -0.0586. The summed E-state index contributed by atoms with van der Waals surface area (Å²) in [6.07, 6.45) is 2.43. The van der Waals surface area contributed by atoms with E-state index in [0.29, 0.717) is 17.4 Å². The van der Waals surface area contributed by atoms with Gasteiger partial charge in [0.1, 0.15) is 0 Å². The summed E-state index contributed by atoms with van der Waals surface area (Å²) in [5.41, 5.74) is 0.955. The predicted molar refractivity (Wildman–Crippen MR) is 91.6 cm³/mol. The van der Waals surface area contributed by atoms with Gasteiger partial charge < -0.3 is 9.32 Å². The average molecular weight is 326 g/mol. The van der Waals surface area contributed by atoms with Crippen molar-refractivity contribution in [2.24, 2.45) is 5.92 Å². The number of carbonyl (C=O) groups excluding carboxylic acids is 1. The lowest BCUT2D eigenvalue weighted by atomic mass is 10.2. The van der Waals surface area contributed by atoms with Crippen molar-refractivity contribution < 1.29 is 9.21 Å². The highest BCUT2D eigenvalue weighted by molar-refractivity contribution is 7.21. The van der Waals surface area contributed by atoms with Gasteiger partial charge in [-0.25, -0.2) is 4.98 Å². The van der Waals surface area contributed by atoms with Gasteiger partial charge in [-0.15, -0.1) is 11.3 Å². The maximum Gasteiger partial charge on any atom is 0.289 e. The van der Waals surface area contributed by atoms with Crippen LogP contribution in [0.5, 0.6) is 0 Å². The molecule has 23 heavy (non-hydrogen) atoms. The number of rotatable bonds is 4. The highest BCUT2D eigenvalue weighted by atomic mass is 32.1. The molecule has 1 aliphatic carbocycles. The molecule has 1 aliphatic rings. The molecule has 4 rings (SSSR count). The van der Waals surface area contributed by atoms with Gasteiger partial charge in [0.25, 0.3) is 5.91 Å². The first-order valence-corrected chi connectivity index (χ1v) is 8.68. The molecular formula is C18H18N2O2S. The summed E-state index contributed by atoms with van der Waals surface area (Å²) in [5.74, 6) is 1.62. The molecule has 0 N–H and O–H groups in total. The third-order valence-corrected chi connectivity index (χ3v) is 5.61. The van der Waals surface area contributed by atoms with Gasteiger partial charge in [-0.3, -0.25) is 4.79 Å². The first kappa shape index (κ1) is 14.5. The van der Waals surface area contributed by atoms with E-state index in [9.17, 15) is 4.79 Å². The van der Waals surface area contributed by atoms with Crippen LogP contribution in [0.1, 0.15) is 30.3 Å². The molecule has 5 heteroatoms. The third-order valence-electron chi connectivity index (χ3n) is 4.56. The van der Waals surface area contributed by atoms with E-state index in [-0.39, 0.29) is 11.9 Å². The third kappa shape index (κ3) is 2.65. The SMILES string of the molecule is CC(C1CC1)N(C)C(=O)c1ccc(-c2nc3ccccc3s2)o1. The lowest BCUT2D eigenvalue weighted by Gasteiger charge is -2.23. The van der Waals surface area contributed by atoms with Gasteiger partial charge in [-0.1, -0.05) is 12.1 Å². The maximum absolute atomic E-state index is 12.6. The van der Waals surface area contributed by atoms with E-state index in [1.54, 1.807) is 22.3 Å². The van der Waals surface area contributed by atoms with E-state index in [4.69, 9.17) is 4.42 Å². The van der Waals surface area contributed by atoms with Gasteiger partial charge in [0.15, 0.2) is 16.5 Å². The van der Waals surface area contributed by atoms with Crippen LogP contribution in [0.3, 0.4) is 0 Å². The number of hydrogen-bond acceptors (Lipinski definition) is 4. The Labute approximate surface area is 138 Å². The summed E-state index contributed by atoms with van der Waals surface area (Å²) in [5, 5.41) is 0.808. The van der Waals surface area contributed by atoms with E-state index >= 15 is 0 Å². The Morgan fingerprint density at radius 2 is 2.09 bits per heavy atom. The van der Waals surface area contributed by atoms with Gasteiger partial charge in [0.2, 0.25) is 0 Å². The van der Waals surface area contributed by atoms with E-state index in [2.05, 4.69) is 11.9 Å². The molecule has 0 spiro atoms. The van der Waals surface area contributed by atoms with Gasteiger partial charge in [0, 0.05) is 13.1 Å². The Hall–Kier alpha value is -2.14. The number of fused-ring (bicyclic) bond motifs is 1. The number of benzene rings is 1. The summed E-state index contributed by atoms with van der Waals surface area (Å²) in [4.78, 5) is 18.9. The second-order valence-electron chi connectivity index (χ2n) is 6.14. The van der Waals surface area contributed by atoms with E-state index in [1.165, 1.54) is 12.8 Å². The van der Waals surface area contributed by atoms with Crippen molar-refractivity contribution in [3.63, 3.8) is 0 Å². The molecule has 118 valence electrons. The number of carbonyl (C=O) groups is 1. The Morgan fingerprint density at radius 3 is 2.83 bits per heavy atom. The predicted octanol–water partition coefficient (Wildman–Crippen LogP) is 4.43. The van der Waals surface area contributed by atoms with Crippen molar-refractivity contribution in [1.29, 1.82) is 0 Å². The first-order chi connectivity index (χ1) is 11.1. The molecule has 0 bridgehead atoms. The van der Waals surface area contributed by atoms with Gasteiger partial charge in [-0.05, 0) is 49.9 Å². The summed E-state index contributed by atoms with van der Waals surface area (Å²) in [6.45, 7) is 2.10. The van der Waals surface area contributed by atoms with Gasteiger partial charge >= 0.3 is 0 Å². The molecule has 2 heterocycles. The van der Waals surface area contributed by atoms with Crippen molar-refractivity contribution in [3.05, 3.63) is 42.2 Å². The van der Waals surface area contributed by atoms with Crippen molar-refractivity contribution in [3.8, 4) is 10.8 Å². The number of nitrogens with zero attached hydrogens (tertiary/aromatic N) is 2. The van der Waals surface area contributed by atoms with Crippen molar-refractivity contribution in [2.75, 3.05) is 7.05 Å². The molecule has 1 fully saturated rings. The summed E-state index contributed by atoms with van der Waals surface area (Å²) >= 11 is 1.58. The van der Waals surface area contributed by atoms with E-state index < -0.39 is 0 Å². The number of hydrogen-bond donors (Lipinski definition) is 0. The van der Waals surface area contributed by atoms with Crippen LogP contribution in [-0.2, 0) is 0 Å². The number of furan rings is 1. The Balaban J connectivity index is 1.59. The van der Waals surface area contributed by atoms with Crippen molar-refractivity contribution >= 4 is 27.5 Å². The molecule has 1 atom stereocenters. The molecule has 1 amide bonds. The largest absolute Gasteiger partial charge is 0.448 e. The van der Waals surface area contributed by atoms with E-state index in [0.717, 1.165) is 15.2 Å². The number of aromatic nitrogens is 1. The van der Waals surface area contributed by atoms with Crippen LogP contribution in [0.2, 0.25) is 0 Å². The standard InChI is InChI=1S/C18H18N2O2S/c1-11(12-7-8-12)20(2)18(21)15-10-9-14(22-15)17-19-13-5-3-4-6-16(13)23-17/h3-6,9-12H,7-8H2,1-2H3. The summed E-state index contributed by atoms with van der Waals surface area (Å²) in [7, 11) is 1.85. The van der Waals surface area contributed by atoms with Gasteiger partial charge in [0.05, 0.1) is 10.2 Å². The molecule has 1 unspecified atom stereocenters. The van der Waals surface area contributed by atoms with Crippen LogP contribution in [0.15, 0.2) is 40.8 Å². The zero-order valence-electron chi connectivity index (χ0n) is 13.2. The maximum atomic E-state index is 12.6. The van der Waals surface area contributed by atoms with E-state index in [1.807, 2.05) is 37.4 Å². The normalized spacial score (nSPS) is 15.7. The molecule has 2 aromatic heterocycles. The number of amides is 1. The lowest BCUT2D eigenvalue weighted by molar-refractivity contribution is 0.0696. The monoisotopic (exact) mass is 326 g/mol. The fourth-order valence-electron chi connectivity index (χ4n) is 2.80. The molecule has 1 saturated carbocycles. The van der Waals surface area contributed by atoms with Crippen molar-refractivity contribution in [2.45, 2.75) is 25.8 Å². The molecule has 0 radical (unpaired) electrons. The second-order valence-corrected chi connectivity index (χ2v) is 7.18. The first-order valence-electron chi connectivity index (χ1n) is 7.86. The number of para-hydroxylation sites is 1. The molecule has 1 aromatic carbocycles. The topological polar surface area (TPSA) is 46.3 Å². The fraction of sp³-hybridized carbons (Fsp3) is 0.333. The quantitative estimate of drug-likeness (QED) is 0.712.